The fraction of sp³-hybridized carbons (Fsp3) is 0.385. The molecule has 2 heterocycles. The molecule has 2 saturated heterocycles. The van der Waals surface area contributed by atoms with E-state index in [1.165, 1.54) is 24.3 Å². The molecule has 9 nitrogen and oxygen atoms in total. The SMILES string of the molecule is O=C(Nc1ccc([N+](=O)[O-])cc1)N1CCN2C(=O)NC[C@@H]2C1. The number of carbonyl (C=O) groups is 2. The van der Waals surface area contributed by atoms with Crippen LogP contribution in [0, 0.1) is 10.1 Å². The Kier molecular flexibility index (Phi) is 3.53. The number of piperazine rings is 1. The Morgan fingerprint density at radius 3 is 2.73 bits per heavy atom. The topological polar surface area (TPSA) is 108 Å². The molecule has 0 radical (unpaired) electrons. The van der Waals surface area contributed by atoms with Crippen molar-refractivity contribution in [2.24, 2.45) is 0 Å². The molecule has 0 bridgehead atoms. The van der Waals surface area contributed by atoms with E-state index in [-0.39, 0.29) is 23.8 Å². The molecule has 116 valence electrons. The predicted octanol–water partition coefficient (Wildman–Crippen LogP) is 0.836. The summed E-state index contributed by atoms with van der Waals surface area (Å²) < 4.78 is 0. The van der Waals surface area contributed by atoms with Crippen LogP contribution in [0.1, 0.15) is 0 Å². The van der Waals surface area contributed by atoms with E-state index in [9.17, 15) is 19.7 Å². The third-order valence-corrected chi connectivity index (χ3v) is 3.85. The molecular weight excluding hydrogens is 290 g/mol. The summed E-state index contributed by atoms with van der Waals surface area (Å²) in [5, 5.41) is 16.0. The molecule has 0 saturated carbocycles. The molecule has 2 N–H and O–H groups in total. The maximum absolute atomic E-state index is 12.2. The van der Waals surface area contributed by atoms with Crippen molar-refractivity contribution in [2.45, 2.75) is 6.04 Å². The lowest BCUT2D eigenvalue weighted by molar-refractivity contribution is -0.384. The number of nitrogens with one attached hydrogen (secondary N) is 2. The normalized spacial score (nSPS) is 20.4. The summed E-state index contributed by atoms with van der Waals surface area (Å²) in [5.74, 6) is 0. The first-order valence-electron chi connectivity index (χ1n) is 6.89. The fourth-order valence-electron chi connectivity index (χ4n) is 2.66. The van der Waals surface area contributed by atoms with E-state index in [4.69, 9.17) is 0 Å². The van der Waals surface area contributed by atoms with Crippen LogP contribution in [-0.2, 0) is 0 Å². The molecule has 1 aromatic rings. The van der Waals surface area contributed by atoms with Crippen molar-refractivity contribution in [3.05, 3.63) is 34.4 Å². The third-order valence-electron chi connectivity index (χ3n) is 3.85. The van der Waals surface area contributed by atoms with Crippen molar-refractivity contribution >= 4 is 23.4 Å². The number of fused-ring (bicyclic) bond motifs is 1. The number of non-ortho nitro benzene ring substituents is 1. The van der Waals surface area contributed by atoms with Crippen LogP contribution in [0.25, 0.3) is 0 Å². The summed E-state index contributed by atoms with van der Waals surface area (Å²) in [4.78, 5) is 37.2. The van der Waals surface area contributed by atoms with Gasteiger partial charge in [-0.3, -0.25) is 10.1 Å². The maximum Gasteiger partial charge on any atom is 0.321 e. The van der Waals surface area contributed by atoms with E-state index < -0.39 is 4.92 Å². The number of benzene rings is 1. The number of amides is 4. The van der Waals surface area contributed by atoms with Gasteiger partial charge in [0.2, 0.25) is 0 Å². The highest BCUT2D eigenvalue weighted by Crippen LogP contribution is 2.18. The quantitative estimate of drug-likeness (QED) is 0.623. The first-order valence-corrected chi connectivity index (χ1v) is 6.89. The highest BCUT2D eigenvalue weighted by atomic mass is 16.6. The standard InChI is InChI=1S/C13H15N5O4/c19-12-14-7-11-8-16(5-6-17(11)12)13(20)15-9-1-3-10(4-2-9)18(21)22/h1-4,11H,5-8H2,(H,14,19)(H,15,20)/t11-/m1/s1. The second-order valence-corrected chi connectivity index (χ2v) is 5.21. The number of urea groups is 2. The molecule has 2 aliphatic rings. The van der Waals surface area contributed by atoms with Crippen LogP contribution in [0.15, 0.2) is 24.3 Å². The number of hydrogen-bond acceptors (Lipinski definition) is 4. The minimum atomic E-state index is -0.491. The van der Waals surface area contributed by atoms with Crippen molar-refractivity contribution in [3.63, 3.8) is 0 Å². The van der Waals surface area contributed by atoms with Gasteiger partial charge in [-0.05, 0) is 12.1 Å². The Bertz CT molecular complexity index is 617. The molecular formula is C13H15N5O4. The van der Waals surface area contributed by atoms with Crippen LogP contribution in [0.3, 0.4) is 0 Å². The minimum Gasteiger partial charge on any atom is -0.336 e. The average molecular weight is 305 g/mol. The molecule has 0 aliphatic carbocycles. The Hall–Kier alpha value is -2.84. The number of anilines is 1. The van der Waals surface area contributed by atoms with Gasteiger partial charge in [0, 0.05) is 44.0 Å². The van der Waals surface area contributed by atoms with Crippen LogP contribution in [0.2, 0.25) is 0 Å². The Morgan fingerprint density at radius 1 is 1.32 bits per heavy atom. The molecule has 22 heavy (non-hydrogen) atoms. The summed E-state index contributed by atoms with van der Waals surface area (Å²) >= 11 is 0. The van der Waals surface area contributed by atoms with Crippen molar-refractivity contribution < 1.29 is 14.5 Å². The molecule has 2 aliphatic heterocycles. The van der Waals surface area contributed by atoms with Crippen molar-refractivity contribution in [1.82, 2.24) is 15.1 Å². The van der Waals surface area contributed by atoms with Crippen molar-refractivity contribution in [2.75, 3.05) is 31.5 Å². The maximum atomic E-state index is 12.2. The number of carbonyl (C=O) groups excluding carboxylic acids is 2. The van der Waals surface area contributed by atoms with Gasteiger partial charge < -0.3 is 20.4 Å². The van der Waals surface area contributed by atoms with E-state index >= 15 is 0 Å². The number of nitrogens with zero attached hydrogens (tertiary/aromatic N) is 3. The van der Waals surface area contributed by atoms with Crippen molar-refractivity contribution in [3.8, 4) is 0 Å². The van der Waals surface area contributed by atoms with E-state index in [0.717, 1.165) is 0 Å². The molecule has 1 atom stereocenters. The summed E-state index contributed by atoms with van der Waals surface area (Å²) in [6.45, 7) is 1.98. The molecule has 0 spiro atoms. The monoisotopic (exact) mass is 305 g/mol. The van der Waals surface area contributed by atoms with Gasteiger partial charge in [0.25, 0.3) is 5.69 Å². The van der Waals surface area contributed by atoms with Crippen molar-refractivity contribution in [1.29, 1.82) is 0 Å². The van der Waals surface area contributed by atoms with Crippen LogP contribution in [-0.4, -0.2) is 59.0 Å². The van der Waals surface area contributed by atoms with Gasteiger partial charge in [0.1, 0.15) is 0 Å². The zero-order chi connectivity index (χ0) is 15.7. The highest BCUT2D eigenvalue weighted by molar-refractivity contribution is 5.89. The summed E-state index contributed by atoms with van der Waals surface area (Å²) in [6.07, 6.45) is 0. The Balaban J connectivity index is 1.60. The third kappa shape index (κ3) is 2.65. The fourth-order valence-corrected chi connectivity index (χ4v) is 2.66. The molecule has 4 amide bonds. The smallest absolute Gasteiger partial charge is 0.321 e. The van der Waals surface area contributed by atoms with Crippen LogP contribution >= 0.6 is 0 Å². The zero-order valence-corrected chi connectivity index (χ0v) is 11.7. The molecule has 3 rings (SSSR count). The van der Waals surface area contributed by atoms with E-state index in [1.54, 1.807) is 9.80 Å². The number of nitro benzene ring substituents is 1. The number of nitro groups is 1. The molecule has 0 aromatic heterocycles. The highest BCUT2D eigenvalue weighted by Gasteiger charge is 2.36. The van der Waals surface area contributed by atoms with Gasteiger partial charge in [-0.15, -0.1) is 0 Å². The lowest BCUT2D eigenvalue weighted by Gasteiger charge is -2.36. The van der Waals surface area contributed by atoms with E-state index in [0.29, 0.717) is 31.9 Å². The summed E-state index contributed by atoms with van der Waals surface area (Å²) in [5.41, 5.74) is 0.473. The van der Waals surface area contributed by atoms with E-state index in [2.05, 4.69) is 10.6 Å². The number of hydrogen-bond donors (Lipinski definition) is 2. The van der Waals surface area contributed by atoms with Gasteiger partial charge in [-0.1, -0.05) is 0 Å². The summed E-state index contributed by atoms with van der Waals surface area (Å²) in [6, 6.07) is 5.32. The molecule has 2 fully saturated rings. The van der Waals surface area contributed by atoms with Gasteiger partial charge in [-0.25, -0.2) is 9.59 Å². The lowest BCUT2D eigenvalue weighted by Crippen LogP contribution is -2.54. The zero-order valence-electron chi connectivity index (χ0n) is 11.7. The summed E-state index contributed by atoms with van der Waals surface area (Å²) in [7, 11) is 0. The van der Waals surface area contributed by atoms with Crippen LogP contribution in [0.5, 0.6) is 0 Å². The van der Waals surface area contributed by atoms with Crippen LogP contribution < -0.4 is 10.6 Å². The average Bonchev–Trinajstić information content (AvgIpc) is 2.88. The first kappa shape index (κ1) is 14.1. The Labute approximate surface area is 126 Å². The minimum absolute atomic E-state index is 0.00357. The largest absolute Gasteiger partial charge is 0.336 e. The van der Waals surface area contributed by atoms with Crippen LogP contribution in [0.4, 0.5) is 21.0 Å². The van der Waals surface area contributed by atoms with Gasteiger partial charge in [-0.2, -0.15) is 0 Å². The van der Waals surface area contributed by atoms with E-state index in [1.807, 2.05) is 0 Å². The molecule has 9 heteroatoms. The predicted molar refractivity (Wildman–Crippen MR) is 77.6 cm³/mol. The number of rotatable bonds is 2. The molecule has 1 aromatic carbocycles. The first-order chi connectivity index (χ1) is 10.5. The Morgan fingerprint density at radius 2 is 2.05 bits per heavy atom. The lowest BCUT2D eigenvalue weighted by atomic mass is 10.2. The second kappa shape index (κ2) is 5.51. The van der Waals surface area contributed by atoms with Gasteiger partial charge in [0.15, 0.2) is 0 Å². The van der Waals surface area contributed by atoms with Gasteiger partial charge >= 0.3 is 12.1 Å². The second-order valence-electron chi connectivity index (χ2n) is 5.21. The molecule has 0 unspecified atom stereocenters. The van der Waals surface area contributed by atoms with Gasteiger partial charge in [0.05, 0.1) is 11.0 Å².